The highest BCUT2D eigenvalue weighted by molar-refractivity contribution is 7.99. The number of carbonyl (C=O) groups excluding carboxylic acids is 1. The number of benzene rings is 1. The van der Waals surface area contributed by atoms with E-state index in [4.69, 9.17) is 0 Å². The molecule has 1 saturated heterocycles. The third-order valence-corrected chi connectivity index (χ3v) is 8.47. The van der Waals surface area contributed by atoms with Crippen molar-refractivity contribution in [2.45, 2.75) is 16.6 Å². The van der Waals surface area contributed by atoms with E-state index < -0.39 is 15.8 Å². The van der Waals surface area contributed by atoms with Crippen molar-refractivity contribution in [1.29, 1.82) is 0 Å². The van der Waals surface area contributed by atoms with Crippen molar-refractivity contribution in [2.24, 2.45) is 0 Å². The normalized spacial score (nSPS) is 15.3. The van der Waals surface area contributed by atoms with Gasteiger partial charge in [0.05, 0.1) is 17.2 Å². The van der Waals surface area contributed by atoms with E-state index in [1.165, 1.54) is 28.2 Å². The zero-order valence-electron chi connectivity index (χ0n) is 16.3. The number of tetrazole rings is 1. The summed E-state index contributed by atoms with van der Waals surface area (Å²) in [5, 5.41) is 14.2. The molecule has 3 aromatic rings. The highest BCUT2D eigenvalue weighted by atomic mass is 32.2. The van der Waals surface area contributed by atoms with Crippen molar-refractivity contribution in [3.63, 3.8) is 0 Å². The molecule has 3 heterocycles. The Morgan fingerprint density at radius 1 is 1.13 bits per heavy atom. The van der Waals surface area contributed by atoms with E-state index in [1.54, 1.807) is 20.9 Å². The quantitative estimate of drug-likeness (QED) is 0.471. The molecule has 1 aliphatic heterocycles. The number of halogens is 1. The average Bonchev–Trinajstić information content (AvgIpc) is 3.45. The van der Waals surface area contributed by atoms with Crippen LogP contribution in [0.15, 0.2) is 51.8 Å². The smallest absolute Gasteiger partial charge is 0.243 e. The van der Waals surface area contributed by atoms with Gasteiger partial charge >= 0.3 is 0 Å². The largest absolute Gasteiger partial charge is 0.339 e. The van der Waals surface area contributed by atoms with Crippen LogP contribution in [0.1, 0.15) is 4.88 Å². The van der Waals surface area contributed by atoms with E-state index in [2.05, 4.69) is 15.5 Å². The van der Waals surface area contributed by atoms with Crippen molar-refractivity contribution in [1.82, 2.24) is 29.4 Å². The minimum Gasteiger partial charge on any atom is -0.339 e. The van der Waals surface area contributed by atoms with Gasteiger partial charge in [0.2, 0.25) is 21.1 Å². The van der Waals surface area contributed by atoms with E-state index in [1.807, 2.05) is 17.5 Å². The molecule has 31 heavy (non-hydrogen) atoms. The van der Waals surface area contributed by atoms with Crippen LogP contribution < -0.4 is 0 Å². The number of piperazine rings is 1. The molecule has 0 radical (unpaired) electrons. The summed E-state index contributed by atoms with van der Waals surface area (Å²) in [6, 6.07) is 8.69. The van der Waals surface area contributed by atoms with Crippen LogP contribution in [-0.2, 0) is 21.4 Å². The van der Waals surface area contributed by atoms with Gasteiger partial charge in [-0.3, -0.25) is 4.79 Å². The second-order valence-corrected chi connectivity index (χ2v) is 10.6. The second kappa shape index (κ2) is 9.42. The lowest BCUT2D eigenvalue weighted by molar-refractivity contribution is -0.129. The van der Waals surface area contributed by atoms with Crippen LogP contribution >= 0.6 is 23.1 Å². The first kappa shape index (κ1) is 21.9. The molecule has 164 valence electrons. The Balaban J connectivity index is 1.30. The summed E-state index contributed by atoms with van der Waals surface area (Å²) in [4.78, 5) is 15.4. The summed E-state index contributed by atoms with van der Waals surface area (Å²) in [7, 11) is -3.71. The molecule has 1 aliphatic rings. The van der Waals surface area contributed by atoms with E-state index in [-0.39, 0.29) is 29.6 Å². The van der Waals surface area contributed by atoms with Crippen LogP contribution in [0.25, 0.3) is 0 Å². The van der Waals surface area contributed by atoms with Gasteiger partial charge in [0.25, 0.3) is 0 Å². The maximum absolute atomic E-state index is 13.1. The summed E-state index contributed by atoms with van der Waals surface area (Å²) in [5.74, 6) is -0.432. The lowest BCUT2D eigenvalue weighted by Gasteiger charge is -2.34. The van der Waals surface area contributed by atoms with Crippen LogP contribution in [0.4, 0.5) is 4.39 Å². The Kier molecular flexibility index (Phi) is 6.65. The fourth-order valence-electron chi connectivity index (χ4n) is 3.10. The maximum atomic E-state index is 13.1. The van der Waals surface area contributed by atoms with Gasteiger partial charge in [-0.2, -0.15) is 4.31 Å². The van der Waals surface area contributed by atoms with Gasteiger partial charge in [-0.15, -0.1) is 16.4 Å². The standard InChI is InChI=1S/C18H19FN6O3S3/c19-14-3-5-16(6-4-14)31(27,28)24-9-7-23(8-10-24)17(26)13-30-18-20-21-22-25(18)12-15-2-1-11-29-15/h1-6,11H,7-10,12-13H2. The van der Waals surface area contributed by atoms with Crippen molar-refractivity contribution in [3.05, 3.63) is 52.5 Å². The highest BCUT2D eigenvalue weighted by Gasteiger charge is 2.30. The summed E-state index contributed by atoms with van der Waals surface area (Å²) in [6.45, 7) is 1.50. The van der Waals surface area contributed by atoms with Gasteiger partial charge in [0.15, 0.2) is 0 Å². The molecule has 0 unspecified atom stereocenters. The monoisotopic (exact) mass is 482 g/mol. The predicted molar refractivity (Wildman–Crippen MR) is 114 cm³/mol. The number of sulfonamides is 1. The molecule has 13 heteroatoms. The molecule has 0 atom stereocenters. The van der Waals surface area contributed by atoms with Gasteiger partial charge in [0.1, 0.15) is 5.82 Å². The molecule has 1 aromatic carbocycles. The zero-order chi connectivity index (χ0) is 21.8. The molecular weight excluding hydrogens is 463 g/mol. The van der Waals surface area contributed by atoms with Crippen LogP contribution in [0, 0.1) is 5.82 Å². The van der Waals surface area contributed by atoms with Gasteiger partial charge in [-0.05, 0) is 46.1 Å². The molecule has 9 nitrogen and oxygen atoms in total. The molecule has 0 aliphatic carbocycles. The predicted octanol–water partition coefficient (Wildman–Crippen LogP) is 1.55. The molecule has 0 bridgehead atoms. The number of nitrogens with zero attached hydrogens (tertiary/aromatic N) is 6. The number of rotatable bonds is 7. The number of carbonyl (C=O) groups is 1. The van der Waals surface area contributed by atoms with E-state index in [0.717, 1.165) is 17.0 Å². The van der Waals surface area contributed by atoms with E-state index in [0.29, 0.717) is 24.8 Å². The van der Waals surface area contributed by atoms with Gasteiger partial charge in [-0.1, -0.05) is 17.8 Å². The third-order valence-electron chi connectivity index (χ3n) is 4.75. The average molecular weight is 483 g/mol. The molecule has 0 spiro atoms. The zero-order valence-corrected chi connectivity index (χ0v) is 18.7. The fourth-order valence-corrected chi connectivity index (χ4v) is 5.99. The van der Waals surface area contributed by atoms with Crippen LogP contribution in [-0.4, -0.2) is 75.7 Å². The summed E-state index contributed by atoms with van der Waals surface area (Å²) in [5.41, 5.74) is 0. The molecule has 0 saturated carbocycles. The number of hydrogen-bond donors (Lipinski definition) is 0. The lowest BCUT2D eigenvalue weighted by atomic mass is 10.3. The van der Waals surface area contributed by atoms with Crippen molar-refractivity contribution in [2.75, 3.05) is 31.9 Å². The third kappa shape index (κ3) is 5.11. The number of thioether (sulfide) groups is 1. The van der Waals surface area contributed by atoms with E-state index in [9.17, 15) is 17.6 Å². The Hall–Kier alpha value is -2.35. The lowest BCUT2D eigenvalue weighted by Crippen LogP contribution is -2.50. The van der Waals surface area contributed by atoms with Crippen LogP contribution in [0.5, 0.6) is 0 Å². The molecule has 4 rings (SSSR count). The second-order valence-electron chi connectivity index (χ2n) is 6.73. The SMILES string of the molecule is O=C(CSc1nnnn1Cc1cccs1)N1CCN(S(=O)(=O)c2ccc(F)cc2)CC1. The van der Waals surface area contributed by atoms with Crippen molar-refractivity contribution >= 4 is 39.0 Å². The number of aromatic nitrogens is 4. The molecule has 1 amide bonds. The van der Waals surface area contributed by atoms with Crippen molar-refractivity contribution in [3.8, 4) is 0 Å². The number of hydrogen-bond acceptors (Lipinski definition) is 8. The van der Waals surface area contributed by atoms with Crippen LogP contribution in [0.3, 0.4) is 0 Å². The van der Waals surface area contributed by atoms with Gasteiger partial charge in [-0.25, -0.2) is 17.5 Å². The highest BCUT2D eigenvalue weighted by Crippen LogP contribution is 2.20. The molecular formula is C18H19FN6O3S3. The van der Waals surface area contributed by atoms with E-state index >= 15 is 0 Å². The minimum atomic E-state index is -3.71. The summed E-state index contributed by atoms with van der Waals surface area (Å²) < 4.78 is 41.4. The first-order chi connectivity index (χ1) is 14.9. The number of thiophene rings is 1. The molecule has 0 N–H and O–H groups in total. The minimum absolute atomic E-state index is 0.0433. The maximum Gasteiger partial charge on any atom is 0.243 e. The topological polar surface area (TPSA) is 101 Å². The first-order valence-electron chi connectivity index (χ1n) is 9.38. The number of amides is 1. The fraction of sp³-hybridized carbons (Fsp3) is 0.333. The summed E-state index contributed by atoms with van der Waals surface area (Å²) >= 11 is 2.86. The molecule has 1 fully saturated rings. The van der Waals surface area contributed by atoms with Gasteiger partial charge < -0.3 is 4.90 Å². The van der Waals surface area contributed by atoms with Crippen LogP contribution in [0.2, 0.25) is 0 Å². The Morgan fingerprint density at radius 3 is 2.55 bits per heavy atom. The Labute approximate surface area is 186 Å². The Bertz CT molecular complexity index is 1130. The van der Waals surface area contributed by atoms with Gasteiger partial charge in [0, 0.05) is 31.1 Å². The van der Waals surface area contributed by atoms with Crippen molar-refractivity contribution < 1.29 is 17.6 Å². The first-order valence-corrected chi connectivity index (χ1v) is 12.7. The summed E-state index contributed by atoms with van der Waals surface area (Å²) in [6.07, 6.45) is 0. The molecule has 2 aromatic heterocycles. The Morgan fingerprint density at radius 2 is 1.87 bits per heavy atom.